The van der Waals surface area contributed by atoms with Crippen molar-refractivity contribution in [2.24, 2.45) is 5.92 Å². The van der Waals surface area contributed by atoms with E-state index in [-0.39, 0.29) is 6.42 Å². The van der Waals surface area contributed by atoms with Crippen molar-refractivity contribution in [3.05, 3.63) is 23.8 Å². The van der Waals surface area contributed by atoms with Crippen LogP contribution in [0.4, 0.5) is 5.69 Å². The lowest BCUT2D eigenvalue weighted by molar-refractivity contribution is -0.136. The zero-order valence-electron chi connectivity index (χ0n) is 13.3. The van der Waals surface area contributed by atoms with E-state index >= 15 is 0 Å². The maximum Gasteiger partial charge on any atom is 0.305 e. The fourth-order valence-corrected chi connectivity index (χ4v) is 2.04. The molecular formula is C16H26N2O3. The minimum absolute atomic E-state index is 0.108. The van der Waals surface area contributed by atoms with E-state index in [1.165, 1.54) is 0 Å². The Labute approximate surface area is 126 Å². The second kappa shape index (κ2) is 8.52. The molecule has 0 radical (unpaired) electrons. The van der Waals surface area contributed by atoms with Crippen LogP contribution in [0.1, 0.15) is 25.8 Å². The Bertz CT molecular complexity index is 461. The molecular weight excluding hydrogens is 268 g/mol. The van der Waals surface area contributed by atoms with Crippen molar-refractivity contribution in [2.45, 2.75) is 26.8 Å². The summed E-state index contributed by atoms with van der Waals surface area (Å²) >= 11 is 0. The molecule has 0 amide bonds. The Morgan fingerprint density at radius 2 is 2.14 bits per heavy atom. The number of anilines is 1. The van der Waals surface area contributed by atoms with Crippen molar-refractivity contribution in [1.82, 2.24) is 5.32 Å². The summed E-state index contributed by atoms with van der Waals surface area (Å²) in [6.07, 6.45) is 0.108. The molecule has 0 bridgehead atoms. The molecule has 0 unspecified atom stereocenters. The number of nitrogens with zero attached hydrogens (tertiary/aromatic N) is 1. The summed E-state index contributed by atoms with van der Waals surface area (Å²) < 4.78 is 5.42. The van der Waals surface area contributed by atoms with Crippen LogP contribution in [-0.2, 0) is 11.3 Å². The van der Waals surface area contributed by atoms with E-state index < -0.39 is 5.97 Å². The quantitative estimate of drug-likeness (QED) is 0.732. The third-order valence-corrected chi connectivity index (χ3v) is 3.20. The summed E-state index contributed by atoms with van der Waals surface area (Å²) in [6.45, 7) is 6.58. The molecule has 1 aromatic carbocycles. The molecule has 21 heavy (non-hydrogen) atoms. The molecule has 5 heteroatoms. The van der Waals surface area contributed by atoms with Crippen LogP contribution in [0.2, 0.25) is 0 Å². The van der Waals surface area contributed by atoms with Crippen LogP contribution >= 0.6 is 0 Å². The van der Waals surface area contributed by atoms with Crippen molar-refractivity contribution >= 4 is 11.7 Å². The zero-order chi connectivity index (χ0) is 15.8. The Morgan fingerprint density at radius 1 is 1.43 bits per heavy atom. The number of carboxylic acid groups (broad SMARTS) is 1. The van der Waals surface area contributed by atoms with Gasteiger partial charge in [-0.05, 0) is 30.2 Å². The van der Waals surface area contributed by atoms with Gasteiger partial charge in [-0.1, -0.05) is 19.9 Å². The lowest BCUT2D eigenvalue weighted by Gasteiger charge is -2.21. The van der Waals surface area contributed by atoms with E-state index in [2.05, 4.69) is 19.2 Å². The lowest BCUT2D eigenvalue weighted by atomic mass is 10.1. The minimum Gasteiger partial charge on any atom is -0.495 e. The molecule has 0 heterocycles. The van der Waals surface area contributed by atoms with Crippen molar-refractivity contribution in [3.63, 3.8) is 0 Å². The van der Waals surface area contributed by atoms with Gasteiger partial charge in [0.15, 0.2) is 0 Å². The summed E-state index contributed by atoms with van der Waals surface area (Å²) in [7, 11) is 3.51. The first-order chi connectivity index (χ1) is 9.93. The molecule has 0 aliphatic rings. The van der Waals surface area contributed by atoms with Crippen LogP contribution < -0.4 is 15.0 Å². The van der Waals surface area contributed by atoms with Gasteiger partial charge in [0.2, 0.25) is 0 Å². The fourth-order valence-electron chi connectivity index (χ4n) is 2.04. The van der Waals surface area contributed by atoms with E-state index in [0.717, 1.165) is 30.1 Å². The van der Waals surface area contributed by atoms with Crippen molar-refractivity contribution in [2.75, 3.05) is 32.1 Å². The Balaban J connectivity index is 2.71. The lowest BCUT2D eigenvalue weighted by Crippen LogP contribution is -2.22. The first kappa shape index (κ1) is 17.3. The molecule has 0 saturated heterocycles. The molecule has 0 saturated carbocycles. The predicted octanol–water partition coefficient (Wildman–Crippen LogP) is 2.35. The highest BCUT2D eigenvalue weighted by Gasteiger charge is 2.10. The summed E-state index contributed by atoms with van der Waals surface area (Å²) in [5.41, 5.74) is 2.06. The molecule has 0 fully saturated rings. The highest BCUT2D eigenvalue weighted by molar-refractivity contribution is 5.68. The third-order valence-electron chi connectivity index (χ3n) is 3.20. The summed E-state index contributed by atoms with van der Waals surface area (Å²) in [5.74, 6) is 0.593. The van der Waals surface area contributed by atoms with Gasteiger partial charge in [-0.3, -0.25) is 4.79 Å². The van der Waals surface area contributed by atoms with Crippen LogP contribution in [0, 0.1) is 5.92 Å². The van der Waals surface area contributed by atoms with Crippen LogP contribution in [-0.4, -0.2) is 38.3 Å². The highest BCUT2D eigenvalue weighted by Crippen LogP contribution is 2.28. The standard InChI is InChI=1S/C16H26N2O3/c1-12(2)10-17-11-13-5-6-14(15(9-13)21-4)18(3)8-7-16(19)20/h5-6,9,12,17H,7-8,10-11H2,1-4H3,(H,19,20). The van der Waals surface area contributed by atoms with E-state index in [4.69, 9.17) is 9.84 Å². The topological polar surface area (TPSA) is 61.8 Å². The molecule has 118 valence electrons. The van der Waals surface area contributed by atoms with Crippen LogP contribution in [0.25, 0.3) is 0 Å². The molecule has 1 aromatic rings. The van der Waals surface area contributed by atoms with Gasteiger partial charge < -0.3 is 20.1 Å². The number of methoxy groups -OCH3 is 1. The average molecular weight is 294 g/mol. The number of ether oxygens (including phenoxy) is 1. The monoisotopic (exact) mass is 294 g/mol. The molecule has 5 nitrogen and oxygen atoms in total. The second-order valence-electron chi connectivity index (χ2n) is 5.60. The van der Waals surface area contributed by atoms with Gasteiger partial charge in [-0.25, -0.2) is 0 Å². The average Bonchev–Trinajstić information content (AvgIpc) is 2.44. The highest BCUT2D eigenvalue weighted by atomic mass is 16.5. The van der Waals surface area contributed by atoms with Crippen LogP contribution in [0.15, 0.2) is 18.2 Å². The molecule has 0 aromatic heterocycles. The fraction of sp³-hybridized carbons (Fsp3) is 0.562. The van der Waals surface area contributed by atoms with Crippen molar-refractivity contribution in [1.29, 1.82) is 0 Å². The summed E-state index contributed by atoms with van der Waals surface area (Å²) in [4.78, 5) is 12.6. The summed E-state index contributed by atoms with van der Waals surface area (Å²) in [6, 6.07) is 6.02. The molecule has 2 N–H and O–H groups in total. The van der Waals surface area contributed by atoms with Gasteiger partial charge in [0, 0.05) is 20.1 Å². The Kier molecular flexibility index (Phi) is 7.02. The molecule has 0 spiro atoms. The smallest absolute Gasteiger partial charge is 0.305 e. The minimum atomic E-state index is -0.796. The van der Waals surface area contributed by atoms with E-state index in [1.54, 1.807) is 7.11 Å². The van der Waals surface area contributed by atoms with Gasteiger partial charge in [-0.15, -0.1) is 0 Å². The Hall–Kier alpha value is -1.75. The van der Waals surface area contributed by atoms with Crippen molar-refractivity contribution < 1.29 is 14.6 Å². The number of aliphatic carboxylic acids is 1. The predicted molar refractivity (Wildman–Crippen MR) is 85.1 cm³/mol. The first-order valence-corrected chi connectivity index (χ1v) is 7.24. The first-order valence-electron chi connectivity index (χ1n) is 7.24. The van der Waals surface area contributed by atoms with Gasteiger partial charge in [0.25, 0.3) is 0 Å². The van der Waals surface area contributed by atoms with Crippen LogP contribution in [0.3, 0.4) is 0 Å². The number of rotatable bonds is 9. The summed E-state index contributed by atoms with van der Waals surface area (Å²) in [5, 5.41) is 12.1. The van der Waals surface area contributed by atoms with Gasteiger partial charge >= 0.3 is 5.97 Å². The SMILES string of the molecule is COc1cc(CNCC(C)C)ccc1N(C)CCC(=O)O. The van der Waals surface area contributed by atoms with Crippen LogP contribution in [0.5, 0.6) is 5.75 Å². The third kappa shape index (κ3) is 6.04. The van der Waals surface area contributed by atoms with Gasteiger partial charge in [-0.2, -0.15) is 0 Å². The maximum absolute atomic E-state index is 10.7. The molecule has 0 aliphatic carbocycles. The Morgan fingerprint density at radius 3 is 2.71 bits per heavy atom. The van der Waals surface area contributed by atoms with E-state index in [0.29, 0.717) is 12.5 Å². The largest absolute Gasteiger partial charge is 0.495 e. The molecule has 0 aliphatic heterocycles. The van der Waals surface area contributed by atoms with E-state index in [1.807, 2.05) is 30.1 Å². The number of hydrogen-bond acceptors (Lipinski definition) is 4. The second-order valence-corrected chi connectivity index (χ2v) is 5.60. The normalized spacial score (nSPS) is 10.7. The number of carbonyl (C=O) groups is 1. The maximum atomic E-state index is 10.7. The number of hydrogen-bond donors (Lipinski definition) is 2. The molecule has 0 atom stereocenters. The number of nitrogens with one attached hydrogen (secondary N) is 1. The van der Waals surface area contributed by atoms with Crippen molar-refractivity contribution in [3.8, 4) is 5.75 Å². The number of benzene rings is 1. The van der Waals surface area contributed by atoms with Gasteiger partial charge in [0.05, 0.1) is 19.2 Å². The number of carboxylic acids is 1. The van der Waals surface area contributed by atoms with E-state index in [9.17, 15) is 4.79 Å². The van der Waals surface area contributed by atoms with Gasteiger partial charge in [0.1, 0.15) is 5.75 Å². The molecule has 1 rings (SSSR count). The zero-order valence-corrected chi connectivity index (χ0v) is 13.3.